The molecule has 0 bridgehead atoms. The van der Waals surface area contributed by atoms with Gasteiger partial charge in [-0.1, -0.05) is 0 Å². The van der Waals surface area contributed by atoms with Gasteiger partial charge >= 0.3 is 20.2 Å². The fourth-order valence-corrected chi connectivity index (χ4v) is 7.84. The average Bonchev–Trinajstić information content (AvgIpc) is 2.16. The normalized spacial score (nSPS) is 23.1. The van der Waals surface area contributed by atoms with Crippen LogP contribution in [0, 0.1) is 0 Å². The Morgan fingerprint density at radius 3 is 1.25 bits per heavy atom. The predicted octanol–water partition coefficient (Wildman–Crippen LogP) is 1.62. The maximum absolute atomic E-state index is 9.40. The van der Waals surface area contributed by atoms with Crippen molar-refractivity contribution < 1.29 is 32.0 Å². The molecule has 2 unspecified atom stereocenters. The number of rotatable bonds is 7. The SMILES string of the molecule is COP(O)(=S)OP(=S)(OC)OP(O)(=S)OC. The topological polar surface area (TPSA) is 86.6 Å². The highest BCUT2D eigenvalue weighted by Gasteiger charge is 2.34. The lowest BCUT2D eigenvalue weighted by Gasteiger charge is -2.25. The van der Waals surface area contributed by atoms with Gasteiger partial charge in [0.25, 0.3) is 0 Å². The lowest BCUT2D eigenvalue weighted by molar-refractivity contribution is 0.246. The molecule has 2 atom stereocenters. The summed E-state index contributed by atoms with van der Waals surface area (Å²) in [5, 5.41) is 0. The summed E-state index contributed by atoms with van der Waals surface area (Å²) in [4.78, 5) is 18.8. The molecule has 0 heterocycles. The minimum atomic E-state index is -3.57. The van der Waals surface area contributed by atoms with Crippen LogP contribution < -0.4 is 0 Å². The number of hydrogen-bond acceptors (Lipinski definition) is 8. The van der Waals surface area contributed by atoms with E-state index in [-0.39, 0.29) is 0 Å². The summed E-state index contributed by atoms with van der Waals surface area (Å²) in [5.41, 5.74) is 0. The molecule has 0 aromatic heterocycles. The minimum Gasteiger partial charge on any atom is -0.324 e. The second-order valence-corrected chi connectivity index (χ2v) is 11.4. The summed E-state index contributed by atoms with van der Waals surface area (Å²) >= 11 is 13.9. The molecule has 0 spiro atoms. The maximum Gasteiger partial charge on any atom is 0.341 e. The largest absolute Gasteiger partial charge is 0.341 e. The minimum absolute atomic E-state index is 1.14. The Bertz CT molecular complexity index is 341. The lowest BCUT2D eigenvalue weighted by atomic mass is 11.8. The molecule has 98 valence electrons. The van der Waals surface area contributed by atoms with Crippen molar-refractivity contribution in [2.24, 2.45) is 0 Å². The van der Waals surface area contributed by atoms with Crippen LogP contribution in [0.2, 0.25) is 0 Å². The fraction of sp³-hybridized carbons (Fsp3) is 1.00. The Balaban J connectivity index is 4.89. The van der Waals surface area contributed by atoms with Gasteiger partial charge in [-0.2, -0.15) is 0 Å². The third-order valence-electron chi connectivity index (χ3n) is 1.09. The maximum atomic E-state index is 9.40. The molecule has 0 aliphatic rings. The van der Waals surface area contributed by atoms with E-state index in [4.69, 9.17) is 25.0 Å². The van der Waals surface area contributed by atoms with Gasteiger partial charge in [0.2, 0.25) is 0 Å². The van der Waals surface area contributed by atoms with E-state index in [1.165, 1.54) is 0 Å². The van der Waals surface area contributed by atoms with Crippen molar-refractivity contribution in [2.45, 2.75) is 0 Å². The van der Waals surface area contributed by atoms with Crippen LogP contribution in [-0.2, 0) is 57.6 Å². The van der Waals surface area contributed by atoms with Gasteiger partial charge in [-0.3, -0.25) is 0 Å². The molecule has 0 aliphatic heterocycles. The van der Waals surface area contributed by atoms with Gasteiger partial charge in [0, 0.05) is 21.3 Å². The molecular weight excluding hydrogens is 337 g/mol. The second kappa shape index (κ2) is 6.73. The molecule has 2 N–H and O–H groups in total. The summed E-state index contributed by atoms with van der Waals surface area (Å²) in [6.45, 7) is -10.7. The zero-order valence-electron chi connectivity index (χ0n) is 8.50. The summed E-state index contributed by atoms with van der Waals surface area (Å²) in [5.74, 6) is 0. The Morgan fingerprint density at radius 1 is 0.750 bits per heavy atom. The van der Waals surface area contributed by atoms with Crippen LogP contribution in [0.25, 0.3) is 0 Å². The molecule has 0 radical (unpaired) electrons. The molecule has 0 aliphatic carbocycles. The summed E-state index contributed by atoms with van der Waals surface area (Å²) in [6, 6.07) is 0. The average molecular weight is 348 g/mol. The zero-order valence-corrected chi connectivity index (χ0v) is 13.6. The van der Waals surface area contributed by atoms with E-state index in [9.17, 15) is 9.79 Å². The Morgan fingerprint density at radius 2 is 1.06 bits per heavy atom. The third kappa shape index (κ3) is 6.56. The van der Waals surface area contributed by atoms with Crippen LogP contribution in [0.4, 0.5) is 0 Å². The first-order valence-electron chi connectivity index (χ1n) is 3.45. The first kappa shape index (κ1) is 17.7. The van der Waals surface area contributed by atoms with Crippen LogP contribution in [-0.4, -0.2) is 31.1 Å². The van der Waals surface area contributed by atoms with Crippen molar-refractivity contribution in [3.05, 3.63) is 0 Å². The molecule has 0 saturated heterocycles. The first-order valence-corrected chi connectivity index (χ1v) is 11.2. The zero-order chi connectivity index (χ0) is 13.0. The number of hydrogen-bond donors (Lipinski definition) is 2. The summed E-state index contributed by atoms with van der Waals surface area (Å²) in [6.07, 6.45) is 0. The standard InChI is InChI=1S/C3H11O7P3S3/c1-6-11(4,14)9-13(16,8-3)10-12(5,15)7-2/h1-3H3,(H,4,14)(H,5,15). The molecule has 0 aromatic carbocycles. The Hall–Kier alpha value is 1.67. The van der Waals surface area contributed by atoms with E-state index in [0.29, 0.717) is 0 Å². The van der Waals surface area contributed by atoms with E-state index in [0.717, 1.165) is 21.3 Å². The van der Waals surface area contributed by atoms with E-state index in [1.807, 2.05) is 0 Å². The van der Waals surface area contributed by atoms with Crippen molar-refractivity contribution in [1.29, 1.82) is 0 Å². The highest BCUT2D eigenvalue weighted by molar-refractivity contribution is 8.17. The molecular formula is C3H11O7P3S3. The second-order valence-electron chi connectivity index (χ2n) is 2.10. The van der Waals surface area contributed by atoms with E-state index >= 15 is 0 Å². The van der Waals surface area contributed by atoms with Gasteiger partial charge in [-0.15, -0.1) is 0 Å². The van der Waals surface area contributed by atoms with Crippen molar-refractivity contribution in [3.63, 3.8) is 0 Å². The molecule has 16 heavy (non-hydrogen) atoms. The van der Waals surface area contributed by atoms with E-state index < -0.39 is 20.2 Å². The van der Waals surface area contributed by atoms with Crippen molar-refractivity contribution in [1.82, 2.24) is 0 Å². The lowest BCUT2D eigenvalue weighted by Crippen LogP contribution is -1.97. The van der Waals surface area contributed by atoms with Gasteiger partial charge in [0.1, 0.15) is 0 Å². The van der Waals surface area contributed by atoms with E-state index in [1.54, 1.807) is 0 Å². The van der Waals surface area contributed by atoms with Crippen LogP contribution in [0.15, 0.2) is 0 Å². The van der Waals surface area contributed by atoms with Crippen molar-refractivity contribution in [2.75, 3.05) is 21.3 Å². The van der Waals surface area contributed by atoms with Crippen LogP contribution in [0.5, 0.6) is 0 Å². The summed E-state index contributed by atoms with van der Waals surface area (Å²) in [7, 11) is 3.44. The van der Waals surface area contributed by atoms with Gasteiger partial charge in [0.15, 0.2) is 0 Å². The van der Waals surface area contributed by atoms with Crippen LogP contribution >= 0.6 is 20.2 Å². The van der Waals surface area contributed by atoms with Crippen LogP contribution in [0.3, 0.4) is 0 Å². The molecule has 0 saturated carbocycles. The fourth-order valence-electron chi connectivity index (χ4n) is 0.401. The van der Waals surface area contributed by atoms with Crippen molar-refractivity contribution in [3.8, 4) is 0 Å². The quantitative estimate of drug-likeness (QED) is 0.662. The Labute approximate surface area is 109 Å². The highest BCUT2D eigenvalue weighted by atomic mass is 32.5. The molecule has 0 amide bonds. The van der Waals surface area contributed by atoms with Gasteiger partial charge in [-0.25, -0.2) is 8.62 Å². The molecule has 7 nitrogen and oxygen atoms in total. The first-order chi connectivity index (χ1) is 7.10. The highest BCUT2D eigenvalue weighted by Crippen LogP contribution is 2.70. The van der Waals surface area contributed by atoms with Gasteiger partial charge < -0.3 is 23.4 Å². The molecule has 0 rings (SSSR count). The van der Waals surface area contributed by atoms with E-state index in [2.05, 4.69) is 32.7 Å². The van der Waals surface area contributed by atoms with Gasteiger partial charge in [-0.05, 0) is 35.4 Å². The van der Waals surface area contributed by atoms with Crippen LogP contribution in [0.1, 0.15) is 0 Å². The molecule has 13 heteroatoms. The molecule has 0 fully saturated rings. The smallest absolute Gasteiger partial charge is 0.324 e. The molecule has 0 aromatic rings. The summed E-state index contributed by atoms with van der Waals surface area (Å²) < 4.78 is 23.4. The predicted molar refractivity (Wildman–Crippen MR) is 70.5 cm³/mol. The third-order valence-corrected chi connectivity index (χ3v) is 9.45. The Kier molecular flexibility index (Phi) is 7.43. The van der Waals surface area contributed by atoms with Crippen molar-refractivity contribution >= 4 is 55.6 Å². The monoisotopic (exact) mass is 348 g/mol. The van der Waals surface area contributed by atoms with Gasteiger partial charge in [0.05, 0.1) is 0 Å².